The Balaban J connectivity index is 1.87. The van der Waals surface area contributed by atoms with Gasteiger partial charge in [0.2, 0.25) is 0 Å². The molecule has 1 aliphatic rings. The molecule has 3 rings (SSSR count). The Kier molecular flexibility index (Phi) is 5.91. The van der Waals surface area contributed by atoms with Gasteiger partial charge in [-0.05, 0) is 50.3 Å². The Morgan fingerprint density at radius 1 is 1.22 bits per heavy atom. The second kappa shape index (κ2) is 8.35. The van der Waals surface area contributed by atoms with Crippen molar-refractivity contribution in [2.45, 2.75) is 39.7 Å². The number of anilines is 1. The van der Waals surface area contributed by atoms with Gasteiger partial charge in [-0.25, -0.2) is 4.98 Å². The number of hydrogen-bond donors (Lipinski definition) is 2. The number of hydrogen-bond acceptors (Lipinski definition) is 4. The van der Waals surface area contributed by atoms with Crippen LogP contribution >= 0.6 is 0 Å². The molecule has 1 aromatic carbocycles. The van der Waals surface area contributed by atoms with E-state index < -0.39 is 0 Å². The highest BCUT2D eigenvalue weighted by Crippen LogP contribution is 2.23. The number of carbonyl (C=O) groups is 2. The molecule has 2 aromatic rings. The topological polar surface area (TPSA) is 85.2 Å². The van der Waals surface area contributed by atoms with E-state index >= 15 is 0 Å². The molecule has 0 saturated carbocycles. The molecule has 0 saturated heterocycles. The van der Waals surface area contributed by atoms with Gasteiger partial charge in [0.15, 0.2) is 5.82 Å². The number of ether oxygens (including phenoxy) is 1. The summed E-state index contributed by atoms with van der Waals surface area (Å²) < 4.78 is 6.85. The van der Waals surface area contributed by atoms with E-state index in [0.29, 0.717) is 31.2 Å². The number of fused-ring (bicyclic) bond motifs is 1. The van der Waals surface area contributed by atoms with E-state index in [-0.39, 0.29) is 11.8 Å². The Morgan fingerprint density at radius 3 is 2.81 bits per heavy atom. The highest BCUT2D eigenvalue weighted by atomic mass is 16.5. The first kappa shape index (κ1) is 19.1. The summed E-state index contributed by atoms with van der Waals surface area (Å²) in [7, 11) is 1.58. The first-order chi connectivity index (χ1) is 13.0. The average Bonchev–Trinajstić information content (AvgIpc) is 3.05. The molecule has 0 unspecified atom stereocenters. The Bertz CT molecular complexity index is 857. The molecule has 27 heavy (non-hydrogen) atoms. The number of methoxy groups -OCH3 is 1. The zero-order valence-corrected chi connectivity index (χ0v) is 16.1. The third-order valence-electron chi connectivity index (χ3n) is 4.77. The number of imidazole rings is 1. The maximum absolute atomic E-state index is 12.9. The van der Waals surface area contributed by atoms with Crippen molar-refractivity contribution in [3.05, 3.63) is 46.5 Å². The van der Waals surface area contributed by atoms with Gasteiger partial charge in [-0.15, -0.1) is 0 Å². The summed E-state index contributed by atoms with van der Waals surface area (Å²) in [6.07, 6.45) is 2.71. The molecule has 0 bridgehead atoms. The van der Waals surface area contributed by atoms with Gasteiger partial charge in [0.1, 0.15) is 5.69 Å². The molecule has 7 nitrogen and oxygen atoms in total. The van der Waals surface area contributed by atoms with Gasteiger partial charge in [0.05, 0.1) is 12.3 Å². The normalized spacial score (nSPS) is 13.1. The first-order valence-corrected chi connectivity index (χ1v) is 9.26. The van der Waals surface area contributed by atoms with Crippen molar-refractivity contribution in [3.8, 4) is 0 Å². The highest BCUT2D eigenvalue weighted by molar-refractivity contribution is 6.04. The lowest BCUT2D eigenvalue weighted by Crippen LogP contribution is -2.28. The first-order valence-electron chi connectivity index (χ1n) is 9.26. The lowest BCUT2D eigenvalue weighted by molar-refractivity contribution is 0.0931. The van der Waals surface area contributed by atoms with E-state index in [2.05, 4.69) is 15.6 Å². The summed E-state index contributed by atoms with van der Waals surface area (Å²) in [5.74, 6) is -0.256. The van der Waals surface area contributed by atoms with Gasteiger partial charge in [-0.3, -0.25) is 9.59 Å². The fraction of sp³-hybridized carbons (Fsp3) is 0.450. The lowest BCUT2D eigenvalue weighted by atomic mass is 10.1. The number of amides is 2. The van der Waals surface area contributed by atoms with Crippen molar-refractivity contribution in [2.75, 3.05) is 25.6 Å². The van der Waals surface area contributed by atoms with Crippen LogP contribution in [0.15, 0.2) is 18.2 Å². The molecule has 144 valence electrons. The summed E-state index contributed by atoms with van der Waals surface area (Å²) in [4.78, 5) is 29.8. The summed E-state index contributed by atoms with van der Waals surface area (Å²) in [5.41, 5.74) is 4.00. The van der Waals surface area contributed by atoms with Crippen molar-refractivity contribution < 1.29 is 14.3 Å². The zero-order chi connectivity index (χ0) is 19.4. The molecule has 0 spiro atoms. The largest absolute Gasteiger partial charge is 0.383 e. The Labute approximate surface area is 159 Å². The monoisotopic (exact) mass is 370 g/mol. The van der Waals surface area contributed by atoms with Crippen LogP contribution in [0.4, 0.5) is 5.69 Å². The van der Waals surface area contributed by atoms with E-state index in [0.717, 1.165) is 41.8 Å². The van der Waals surface area contributed by atoms with E-state index in [1.54, 1.807) is 7.11 Å². The molecule has 2 heterocycles. The van der Waals surface area contributed by atoms with Gasteiger partial charge in [0, 0.05) is 25.9 Å². The van der Waals surface area contributed by atoms with Crippen LogP contribution < -0.4 is 10.6 Å². The van der Waals surface area contributed by atoms with Gasteiger partial charge >= 0.3 is 0 Å². The Morgan fingerprint density at radius 2 is 2.04 bits per heavy atom. The average molecular weight is 370 g/mol. The standard InChI is InChI=1S/C20H26N4O3/c1-13-7-8-14(2)15(12-13)22-20(26)18-23-17(19(25)21-9-11-27-3)16-6-4-5-10-24(16)18/h7-8,12H,4-6,9-11H2,1-3H3,(H,21,25)(H,22,26). The molecule has 1 aliphatic heterocycles. The SMILES string of the molecule is COCCNC(=O)c1nc(C(=O)Nc2cc(C)ccc2C)n2c1CCCC2. The quantitative estimate of drug-likeness (QED) is 0.765. The van der Waals surface area contributed by atoms with E-state index in [9.17, 15) is 9.59 Å². The summed E-state index contributed by atoms with van der Waals surface area (Å²) in [5, 5.41) is 5.75. The van der Waals surface area contributed by atoms with E-state index in [1.165, 1.54) is 0 Å². The number of rotatable bonds is 6. The molecule has 7 heteroatoms. The van der Waals surface area contributed by atoms with Crippen LogP contribution in [0.1, 0.15) is 50.8 Å². The predicted octanol–water partition coefficient (Wildman–Crippen LogP) is 2.46. The van der Waals surface area contributed by atoms with E-state index in [1.807, 2.05) is 36.6 Å². The van der Waals surface area contributed by atoms with Crippen LogP contribution in [0.25, 0.3) is 0 Å². The maximum atomic E-state index is 12.9. The minimum Gasteiger partial charge on any atom is -0.383 e. The number of carbonyl (C=O) groups excluding carboxylic acids is 2. The Hall–Kier alpha value is -2.67. The van der Waals surface area contributed by atoms with Crippen molar-refractivity contribution in [3.63, 3.8) is 0 Å². The highest BCUT2D eigenvalue weighted by Gasteiger charge is 2.27. The number of nitrogens with one attached hydrogen (secondary N) is 2. The van der Waals surface area contributed by atoms with Crippen LogP contribution in [-0.4, -0.2) is 41.6 Å². The van der Waals surface area contributed by atoms with Crippen molar-refractivity contribution in [1.29, 1.82) is 0 Å². The second-order valence-electron chi connectivity index (χ2n) is 6.86. The second-order valence-corrected chi connectivity index (χ2v) is 6.86. The molecular weight excluding hydrogens is 344 g/mol. The minimum atomic E-state index is -0.289. The molecule has 0 fully saturated rings. The molecule has 0 atom stereocenters. The van der Waals surface area contributed by atoms with E-state index in [4.69, 9.17) is 4.74 Å². The molecule has 0 aliphatic carbocycles. The van der Waals surface area contributed by atoms with Crippen molar-refractivity contribution in [1.82, 2.24) is 14.9 Å². The van der Waals surface area contributed by atoms with Crippen LogP contribution in [0.5, 0.6) is 0 Å². The molecular formula is C20H26N4O3. The van der Waals surface area contributed by atoms with Gasteiger partial charge in [-0.2, -0.15) is 0 Å². The van der Waals surface area contributed by atoms with Gasteiger partial charge < -0.3 is 19.9 Å². The van der Waals surface area contributed by atoms with Crippen LogP contribution in [0, 0.1) is 13.8 Å². The zero-order valence-electron chi connectivity index (χ0n) is 16.1. The summed E-state index contributed by atoms with van der Waals surface area (Å²) in [6.45, 7) is 5.47. The number of aryl methyl sites for hydroxylation is 2. The number of benzene rings is 1. The van der Waals surface area contributed by atoms with Gasteiger partial charge in [-0.1, -0.05) is 12.1 Å². The number of nitrogens with zero attached hydrogens (tertiary/aromatic N) is 2. The van der Waals surface area contributed by atoms with Crippen LogP contribution in [0.2, 0.25) is 0 Å². The molecule has 2 N–H and O–H groups in total. The van der Waals surface area contributed by atoms with Gasteiger partial charge in [0.25, 0.3) is 11.8 Å². The smallest absolute Gasteiger partial charge is 0.291 e. The lowest BCUT2D eigenvalue weighted by Gasteiger charge is -2.17. The third kappa shape index (κ3) is 4.19. The van der Waals surface area contributed by atoms with Crippen LogP contribution in [-0.2, 0) is 17.7 Å². The minimum absolute atomic E-state index is 0.261. The third-order valence-corrected chi connectivity index (χ3v) is 4.77. The fourth-order valence-corrected chi connectivity index (χ4v) is 3.30. The molecule has 1 aromatic heterocycles. The number of aromatic nitrogens is 2. The fourth-order valence-electron chi connectivity index (χ4n) is 3.30. The van der Waals surface area contributed by atoms with Crippen molar-refractivity contribution in [2.24, 2.45) is 0 Å². The van der Waals surface area contributed by atoms with Crippen LogP contribution in [0.3, 0.4) is 0 Å². The summed E-state index contributed by atoms with van der Waals surface area (Å²) in [6, 6.07) is 5.91. The maximum Gasteiger partial charge on any atom is 0.291 e. The summed E-state index contributed by atoms with van der Waals surface area (Å²) >= 11 is 0. The van der Waals surface area contributed by atoms with Crippen molar-refractivity contribution >= 4 is 17.5 Å². The predicted molar refractivity (Wildman–Crippen MR) is 103 cm³/mol. The molecule has 0 radical (unpaired) electrons. The molecule has 2 amide bonds.